The van der Waals surface area contributed by atoms with Crippen LogP contribution < -0.4 is 10.6 Å². The molecule has 2 rings (SSSR count). The smallest absolute Gasteiger partial charge is 0.407 e. The zero-order valence-electron chi connectivity index (χ0n) is 16.6. The number of aromatic nitrogens is 1. The number of alkyl carbamates (subject to hydrolysis) is 1. The maximum Gasteiger partial charge on any atom is 0.407 e. The molecule has 1 aliphatic carbocycles. The summed E-state index contributed by atoms with van der Waals surface area (Å²) in [5.41, 5.74) is 1.02. The normalized spacial score (nSPS) is 20.0. The van der Waals surface area contributed by atoms with Crippen molar-refractivity contribution in [1.82, 2.24) is 10.3 Å². The number of hydrogen-bond acceptors (Lipinski definition) is 5. The Bertz CT molecular complexity index is 665. The lowest BCUT2D eigenvalue weighted by molar-refractivity contribution is 0.101. The first-order chi connectivity index (χ1) is 12.6. The fraction of sp³-hybridized carbons (Fsp3) is 0.650. The summed E-state index contributed by atoms with van der Waals surface area (Å²) in [5, 5.41) is 6.54. The quantitative estimate of drug-likeness (QED) is 0.540. The van der Waals surface area contributed by atoms with E-state index < -0.39 is 0 Å². The van der Waals surface area contributed by atoms with Crippen molar-refractivity contribution in [2.24, 2.45) is 11.8 Å². The Hall–Kier alpha value is -1.82. The zero-order valence-corrected chi connectivity index (χ0v) is 17.4. The lowest BCUT2D eigenvalue weighted by Crippen LogP contribution is -2.41. The molecule has 0 unspecified atom stereocenters. The highest BCUT2D eigenvalue weighted by atomic mass is 35.5. The van der Waals surface area contributed by atoms with Gasteiger partial charge in [0.15, 0.2) is 5.78 Å². The van der Waals surface area contributed by atoms with Crippen molar-refractivity contribution >= 4 is 29.2 Å². The number of amides is 1. The van der Waals surface area contributed by atoms with Crippen LogP contribution in [-0.2, 0) is 4.74 Å². The van der Waals surface area contributed by atoms with E-state index in [4.69, 9.17) is 16.3 Å². The van der Waals surface area contributed by atoms with Crippen LogP contribution in [0.25, 0.3) is 0 Å². The van der Waals surface area contributed by atoms with Gasteiger partial charge in [0.1, 0.15) is 5.15 Å². The van der Waals surface area contributed by atoms with Crippen LogP contribution in [0.1, 0.15) is 63.7 Å². The number of rotatable bonds is 6. The minimum Gasteiger partial charge on any atom is -0.449 e. The molecule has 1 aromatic rings. The van der Waals surface area contributed by atoms with E-state index in [1.807, 2.05) is 20.8 Å². The third kappa shape index (κ3) is 7.37. The lowest BCUT2D eigenvalue weighted by Gasteiger charge is -2.29. The highest BCUT2D eigenvalue weighted by molar-refractivity contribution is 6.29. The van der Waals surface area contributed by atoms with Crippen LogP contribution >= 0.6 is 11.6 Å². The van der Waals surface area contributed by atoms with Gasteiger partial charge in [-0.2, -0.15) is 0 Å². The number of ketones is 1. The number of nitrogens with one attached hydrogen (secondary N) is 2. The average Bonchev–Trinajstić information content (AvgIpc) is 2.57. The number of pyridine rings is 1. The van der Waals surface area contributed by atoms with Gasteiger partial charge in [0.05, 0.1) is 12.2 Å². The summed E-state index contributed by atoms with van der Waals surface area (Å²) in [6, 6.07) is 1.70. The van der Waals surface area contributed by atoms with Gasteiger partial charge in [0, 0.05) is 24.0 Å². The van der Waals surface area contributed by atoms with Crippen molar-refractivity contribution in [3.05, 3.63) is 23.0 Å². The van der Waals surface area contributed by atoms with Gasteiger partial charge in [0.2, 0.25) is 0 Å². The number of ether oxygens (including phenoxy) is 1. The molecule has 6 nitrogen and oxygen atoms in total. The number of carbonyl (C=O) groups is 2. The van der Waals surface area contributed by atoms with Crippen LogP contribution in [0.3, 0.4) is 0 Å². The van der Waals surface area contributed by atoms with E-state index >= 15 is 0 Å². The van der Waals surface area contributed by atoms with E-state index in [1.165, 1.54) is 13.1 Å². The van der Waals surface area contributed by atoms with Gasteiger partial charge in [0.25, 0.3) is 0 Å². The van der Waals surface area contributed by atoms with Gasteiger partial charge in [-0.15, -0.1) is 0 Å². The average molecular weight is 396 g/mol. The third-order valence-electron chi connectivity index (χ3n) is 4.72. The summed E-state index contributed by atoms with van der Waals surface area (Å²) in [4.78, 5) is 27.4. The standard InChI is InChI=1S/C20H30ClN3O3/c1-13(25)16-11-23-18(21)9-17(16)22-10-14-5-7-15(8-6-14)12-27-19(26)24-20(2,3)4/h9,11,14-15H,5-8,10,12H2,1-4H3,(H,22,23)(H,24,26). The first kappa shape index (κ1) is 21.5. The maximum absolute atomic E-state index is 11.8. The van der Waals surface area contributed by atoms with Crippen LogP contribution in [0.5, 0.6) is 0 Å². The van der Waals surface area contributed by atoms with Crippen molar-refractivity contribution in [2.45, 2.75) is 58.9 Å². The Kier molecular flexibility index (Phi) is 7.48. The monoisotopic (exact) mass is 395 g/mol. The van der Waals surface area contributed by atoms with Crippen molar-refractivity contribution < 1.29 is 14.3 Å². The molecule has 0 aliphatic heterocycles. The van der Waals surface area contributed by atoms with Gasteiger partial charge >= 0.3 is 6.09 Å². The minimum absolute atomic E-state index is 0.0314. The molecule has 1 aliphatic rings. The summed E-state index contributed by atoms with van der Waals surface area (Å²) in [6.45, 7) is 8.58. The molecule has 0 atom stereocenters. The Morgan fingerprint density at radius 1 is 1.22 bits per heavy atom. The fourth-order valence-electron chi connectivity index (χ4n) is 3.25. The molecule has 150 valence electrons. The summed E-state index contributed by atoms with van der Waals surface area (Å²) in [6.07, 6.45) is 5.37. The topological polar surface area (TPSA) is 80.3 Å². The molecule has 1 fully saturated rings. The highest BCUT2D eigenvalue weighted by Crippen LogP contribution is 2.30. The molecule has 1 saturated carbocycles. The molecule has 0 saturated heterocycles. The highest BCUT2D eigenvalue weighted by Gasteiger charge is 2.23. The van der Waals surface area contributed by atoms with Crippen LogP contribution in [0.2, 0.25) is 5.15 Å². The van der Waals surface area contributed by atoms with Crippen LogP contribution in [0, 0.1) is 11.8 Å². The van der Waals surface area contributed by atoms with Gasteiger partial charge in [-0.3, -0.25) is 4.79 Å². The largest absolute Gasteiger partial charge is 0.449 e. The molecule has 27 heavy (non-hydrogen) atoms. The number of carbonyl (C=O) groups excluding carboxylic acids is 2. The zero-order chi connectivity index (χ0) is 20.0. The van der Waals surface area contributed by atoms with Crippen molar-refractivity contribution in [3.8, 4) is 0 Å². The Morgan fingerprint density at radius 2 is 1.85 bits per heavy atom. The number of anilines is 1. The van der Waals surface area contributed by atoms with Gasteiger partial charge < -0.3 is 15.4 Å². The molecule has 1 aromatic heterocycles. The summed E-state index contributed by atoms with van der Waals surface area (Å²) in [7, 11) is 0. The maximum atomic E-state index is 11.8. The van der Waals surface area contributed by atoms with E-state index in [0.717, 1.165) is 37.9 Å². The van der Waals surface area contributed by atoms with Gasteiger partial charge in [-0.05, 0) is 71.3 Å². The Balaban J connectivity index is 1.75. The molecular weight excluding hydrogens is 366 g/mol. The second kappa shape index (κ2) is 9.40. The second-order valence-corrected chi connectivity index (χ2v) is 8.74. The molecule has 7 heteroatoms. The van der Waals surface area contributed by atoms with E-state index in [1.54, 1.807) is 6.07 Å². The van der Waals surface area contributed by atoms with E-state index in [9.17, 15) is 9.59 Å². The molecule has 2 N–H and O–H groups in total. The molecule has 0 spiro atoms. The minimum atomic E-state index is -0.349. The lowest BCUT2D eigenvalue weighted by atomic mass is 9.82. The molecule has 0 bridgehead atoms. The molecular formula is C20H30ClN3O3. The predicted molar refractivity (Wildman–Crippen MR) is 107 cm³/mol. The van der Waals surface area contributed by atoms with Crippen LogP contribution in [-0.4, -0.2) is 35.6 Å². The second-order valence-electron chi connectivity index (χ2n) is 8.35. The van der Waals surface area contributed by atoms with Crippen LogP contribution in [0.4, 0.5) is 10.5 Å². The molecule has 0 radical (unpaired) electrons. The van der Waals surface area contributed by atoms with E-state index in [0.29, 0.717) is 29.2 Å². The Morgan fingerprint density at radius 3 is 2.44 bits per heavy atom. The van der Waals surface area contributed by atoms with E-state index in [2.05, 4.69) is 15.6 Å². The molecule has 0 aromatic carbocycles. The van der Waals surface area contributed by atoms with Crippen molar-refractivity contribution in [3.63, 3.8) is 0 Å². The molecule has 1 heterocycles. The number of hydrogen-bond donors (Lipinski definition) is 2. The first-order valence-corrected chi connectivity index (χ1v) is 9.87. The number of nitrogens with zero attached hydrogens (tertiary/aromatic N) is 1. The third-order valence-corrected chi connectivity index (χ3v) is 4.93. The first-order valence-electron chi connectivity index (χ1n) is 9.49. The van der Waals surface area contributed by atoms with E-state index in [-0.39, 0.29) is 17.4 Å². The number of halogens is 1. The van der Waals surface area contributed by atoms with Crippen LogP contribution in [0.15, 0.2) is 12.3 Å². The summed E-state index contributed by atoms with van der Waals surface area (Å²) in [5.74, 6) is 0.905. The fourth-order valence-corrected chi connectivity index (χ4v) is 3.41. The molecule has 1 amide bonds. The Labute approximate surface area is 166 Å². The van der Waals surface area contributed by atoms with Gasteiger partial charge in [-0.25, -0.2) is 9.78 Å². The number of Topliss-reactive ketones (excluding diaryl/α,β-unsaturated/α-hetero) is 1. The van der Waals surface area contributed by atoms with Gasteiger partial charge in [-0.1, -0.05) is 11.6 Å². The van der Waals surface area contributed by atoms with Crippen molar-refractivity contribution in [2.75, 3.05) is 18.5 Å². The summed E-state index contributed by atoms with van der Waals surface area (Å²) >= 11 is 5.95. The van der Waals surface area contributed by atoms with Crippen molar-refractivity contribution in [1.29, 1.82) is 0 Å². The predicted octanol–water partition coefficient (Wildman–Crippen LogP) is 4.68. The SMILES string of the molecule is CC(=O)c1cnc(Cl)cc1NCC1CCC(COC(=O)NC(C)(C)C)CC1. The summed E-state index contributed by atoms with van der Waals surface area (Å²) < 4.78 is 5.35.